The zero-order valence-corrected chi connectivity index (χ0v) is 24.2. The van der Waals surface area contributed by atoms with Crippen molar-refractivity contribution in [3.8, 4) is 5.95 Å². The molecule has 3 aromatic rings. The summed E-state index contributed by atoms with van der Waals surface area (Å²) in [5, 5.41) is 26.8. The number of nitrogens with zero attached hydrogens (tertiary/aromatic N) is 8. The second-order valence-electron chi connectivity index (χ2n) is 9.38. The molecule has 214 valence electrons. The molecular formula is C25H33N9O5S. The van der Waals surface area contributed by atoms with E-state index in [2.05, 4.69) is 30.0 Å². The van der Waals surface area contributed by atoms with Gasteiger partial charge in [-0.2, -0.15) is 9.77 Å². The average molecular weight is 572 g/mol. The van der Waals surface area contributed by atoms with Crippen molar-refractivity contribution < 1.29 is 23.1 Å². The van der Waals surface area contributed by atoms with Gasteiger partial charge in [-0.15, -0.1) is 15.3 Å². The molecule has 15 heteroatoms. The fourth-order valence-electron chi connectivity index (χ4n) is 4.49. The lowest BCUT2D eigenvalue weighted by molar-refractivity contribution is -0.136. The van der Waals surface area contributed by atoms with Crippen LogP contribution in [0, 0.1) is 20.8 Å². The Hall–Kier alpha value is -4.11. The normalized spacial score (nSPS) is 13.9. The van der Waals surface area contributed by atoms with Gasteiger partial charge in [-0.25, -0.2) is 22.8 Å². The van der Waals surface area contributed by atoms with Crippen molar-refractivity contribution in [1.29, 1.82) is 0 Å². The minimum absolute atomic E-state index is 0.000208. The topological polar surface area (TPSA) is 169 Å². The standard InChI is InChI=1S/C25H33N9O5S/c1-7-32(13-12-26-40(6,37)38)18-8-10-20(15(2)14-18)27-22-23-28-29-25(34(23)31-24(22)39-5)33-17(4)19(16(3)30-33)9-11-21(35)36/h8,10,14,26H,7,9,11-13H2,1-6H3,(H,35,36). The summed E-state index contributed by atoms with van der Waals surface area (Å²) >= 11 is 0. The quantitative estimate of drug-likeness (QED) is 0.348. The molecule has 4 rings (SSSR count). The number of aliphatic carboxylic acids is 1. The number of hydrogen-bond acceptors (Lipinski definition) is 10. The highest BCUT2D eigenvalue weighted by Gasteiger charge is 2.31. The van der Waals surface area contributed by atoms with Gasteiger partial charge in [0.25, 0.3) is 11.8 Å². The number of hydrogen-bond donors (Lipinski definition) is 2. The third-order valence-corrected chi connectivity index (χ3v) is 7.28. The molecule has 1 aromatic carbocycles. The number of aliphatic imine (C=N–C) groups is 1. The summed E-state index contributed by atoms with van der Waals surface area (Å²) < 4.78 is 33.9. The molecule has 0 fully saturated rings. The van der Waals surface area contributed by atoms with E-state index >= 15 is 0 Å². The van der Waals surface area contributed by atoms with Gasteiger partial charge in [0.15, 0.2) is 5.71 Å². The first-order chi connectivity index (χ1) is 18.9. The van der Waals surface area contributed by atoms with Crippen molar-refractivity contribution in [2.75, 3.05) is 37.9 Å². The molecule has 0 amide bonds. The van der Waals surface area contributed by atoms with E-state index in [4.69, 9.17) is 14.8 Å². The Morgan fingerprint density at radius 2 is 1.98 bits per heavy atom. The van der Waals surface area contributed by atoms with Crippen molar-refractivity contribution >= 4 is 39.0 Å². The number of carboxylic acids is 1. The number of carboxylic acid groups (broad SMARTS) is 1. The van der Waals surface area contributed by atoms with Crippen molar-refractivity contribution in [1.82, 2.24) is 29.4 Å². The summed E-state index contributed by atoms with van der Waals surface area (Å²) in [6.45, 7) is 9.15. The van der Waals surface area contributed by atoms with Gasteiger partial charge < -0.3 is 14.7 Å². The van der Waals surface area contributed by atoms with Gasteiger partial charge in [0, 0.05) is 37.4 Å². The number of rotatable bonds is 11. The average Bonchev–Trinajstić information content (AvgIpc) is 3.53. The molecule has 1 aliphatic rings. The zero-order chi connectivity index (χ0) is 29.2. The number of anilines is 1. The molecule has 3 heterocycles. The van der Waals surface area contributed by atoms with Gasteiger partial charge in [0.1, 0.15) is 0 Å². The molecule has 1 aliphatic heterocycles. The number of ether oxygens (including phenoxy) is 1. The highest BCUT2D eigenvalue weighted by atomic mass is 32.2. The van der Waals surface area contributed by atoms with E-state index in [1.807, 2.05) is 45.9 Å². The summed E-state index contributed by atoms with van der Waals surface area (Å²) in [4.78, 5) is 18.0. The van der Waals surface area contributed by atoms with Gasteiger partial charge >= 0.3 is 5.97 Å². The number of fused-ring (bicyclic) bond motifs is 1. The maximum absolute atomic E-state index is 11.4. The first-order valence-electron chi connectivity index (χ1n) is 12.7. The highest BCUT2D eigenvalue weighted by Crippen LogP contribution is 2.28. The van der Waals surface area contributed by atoms with Crippen LogP contribution < -0.4 is 9.62 Å². The second-order valence-corrected chi connectivity index (χ2v) is 11.2. The van der Waals surface area contributed by atoms with E-state index in [0.29, 0.717) is 54.9 Å². The van der Waals surface area contributed by atoms with E-state index in [-0.39, 0.29) is 12.3 Å². The third kappa shape index (κ3) is 6.04. The predicted octanol–water partition coefficient (Wildman–Crippen LogP) is 1.72. The Bertz CT molecular complexity index is 1600. The van der Waals surface area contributed by atoms with Crippen molar-refractivity contribution in [3.63, 3.8) is 0 Å². The molecule has 0 atom stereocenters. The van der Waals surface area contributed by atoms with Gasteiger partial charge in [0.2, 0.25) is 15.8 Å². The molecule has 0 radical (unpaired) electrons. The fraction of sp³-hybridized carbons (Fsp3) is 0.440. The molecule has 14 nitrogen and oxygen atoms in total. The predicted molar refractivity (Wildman–Crippen MR) is 151 cm³/mol. The Labute approximate surface area is 232 Å². The van der Waals surface area contributed by atoms with Crippen LogP contribution in [-0.2, 0) is 26.0 Å². The maximum atomic E-state index is 11.4. The Balaban J connectivity index is 1.63. The summed E-state index contributed by atoms with van der Waals surface area (Å²) in [5.41, 5.74) is 5.25. The van der Waals surface area contributed by atoms with Crippen molar-refractivity contribution in [3.05, 3.63) is 46.5 Å². The monoisotopic (exact) mass is 571 g/mol. The van der Waals surface area contributed by atoms with E-state index in [1.165, 1.54) is 11.8 Å². The number of aromatic nitrogens is 5. The summed E-state index contributed by atoms with van der Waals surface area (Å²) in [5.74, 6) is 0.117. The second kappa shape index (κ2) is 11.6. The molecule has 0 bridgehead atoms. The van der Waals surface area contributed by atoms with Gasteiger partial charge in [0.05, 0.1) is 24.7 Å². The minimum atomic E-state index is -3.25. The molecule has 0 unspecified atom stereocenters. The van der Waals surface area contributed by atoms with Crippen LogP contribution >= 0.6 is 0 Å². The maximum Gasteiger partial charge on any atom is 0.303 e. The first-order valence-corrected chi connectivity index (χ1v) is 14.6. The van der Waals surface area contributed by atoms with Crippen LogP contribution in [0.25, 0.3) is 5.95 Å². The lowest BCUT2D eigenvalue weighted by Gasteiger charge is -2.23. The third-order valence-electron chi connectivity index (χ3n) is 6.55. The molecule has 2 N–H and O–H groups in total. The van der Waals surface area contributed by atoms with Crippen LogP contribution in [0.2, 0.25) is 0 Å². The summed E-state index contributed by atoms with van der Waals surface area (Å²) in [7, 11) is -1.75. The van der Waals surface area contributed by atoms with Crippen molar-refractivity contribution in [2.45, 2.75) is 40.5 Å². The number of sulfonamides is 1. The smallest absolute Gasteiger partial charge is 0.303 e. The first kappa shape index (κ1) is 28.9. The molecular weight excluding hydrogens is 538 g/mol. The number of nitrogens with one attached hydrogen (secondary N) is 1. The lowest BCUT2D eigenvalue weighted by atomic mass is 10.1. The van der Waals surface area contributed by atoms with E-state index in [0.717, 1.165) is 28.8 Å². The number of benzene rings is 1. The van der Waals surface area contributed by atoms with Gasteiger partial charge in [-0.1, -0.05) is 0 Å². The summed E-state index contributed by atoms with van der Waals surface area (Å²) in [6.07, 6.45) is 1.49. The van der Waals surface area contributed by atoms with E-state index < -0.39 is 16.0 Å². The number of aryl methyl sites for hydroxylation is 2. The number of methoxy groups -OCH3 is 1. The lowest BCUT2D eigenvalue weighted by Crippen LogP contribution is -2.34. The van der Waals surface area contributed by atoms with Crippen LogP contribution in [-0.4, -0.2) is 88.8 Å². The molecule has 2 aromatic heterocycles. The highest BCUT2D eigenvalue weighted by molar-refractivity contribution is 7.88. The summed E-state index contributed by atoms with van der Waals surface area (Å²) in [6, 6.07) is 5.81. The van der Waals surface area contributed by atoms with Crippen LogP contribution in [0.4, 0.5) is 11.4 Å². The molecule has 0 saturated heterocycles. The van der Waals surface area contributed by atoms with E-state index in [1.54, 1.807) is 4.68 Å². The van der Waals surface area contributed by atoms with Crippen LogP contribution in [0.3, 0.4) is 0 Å². The number of carbonyl (C=O) groups is 1. The molecule has 40 heavy (non-hydrogen) atoms. The number of likely N-dealkylation sites (N-methyl/N-ethyl adjacent to an activating group) is 1. The van der Waals surface area contributed by atoms with E-state index in [9.17, 15) is 13.2 Å². The SMILES string of the molecule is CCN(CCNS(C)(=O)=O)c1ccc(N=C2C(OC)=Nn3c2nnc3-n2nc(C)c(CCC(=O)O)c2C)c(C)c1. The molecule has 0 aliphatic carbocycles. The van der Waals surface area contributed by atoms with Gasteiger partial charge in [-0.05, 0) is 63.4 Å². The zero-order valence-electron chi connectivity index (χ0n) is 23.3. The Morgan fingerprint density at radius 1 is 1.23 bits per heavy atom. The Morgan fingerprint density at radius 3 is 2.60 bits per heavy atom. The van der Waals surface area contributed by atoms with Crippen LogP contribution in [0.5, 0.6) is 0 Å². The Kier molecular flexibility index (Phi) is 8.34. The largest absolute Gasteiger partial charge is 0.481 e. The van der Waals surface area contributed by atoms with Gasteiger partial charge in [-0.3, -0.25) is 4.79 Å². The van der Waals surface area contributed by atoms with Crippen LogP contribution in [0.1, 0.15) is 41.7 Å². The van der Waals surface area contributed by atoms with Crippen LogP contribution in [0.15, 0.2) is 28.3 Å². The minimum Gasteiger partial charge on any atom is -0.481 e. The molecule has 0 saturated carbocycles. The fourth-order valence-corrected chi connectivity index (χ4v) is 4.96. The van der Waals surface area contributed by atoms with Crippen molar-refractivity contribution in [2.24, 2.45) is 10.1 Å². The molecule has 0 spiro atoms.